The van der Waals surface area contributed by atoms with E-state index in [0.717, 1.165) is 11.3 Å². The van der Waals surface area contributed by atoms with E-state index in [1.54, 1.807) is 24.3 Å². The van der Waals surface area contributed by atoms with Crippen LogP contribution in [0.4, 0.5) is 0 Å². The van der Waals surface area contributed by atoms with E-state index < -0.39 is 0 Å². The molecule has 94 valence electrons. The molecule has 0 atom stereocenters. The third kappa shape index (κ3) is 2.02. The van der Waals surface area contributed by atoms with Crippen molar-refractivity contribution in [3.05, 3.63) is 70.6 Å². The Kier molecular flexibility index (Phi) is 2.84. The van der Waals surface area contributed by atoms with Crippen molar-refractivity contribution in [2.75, 3.05) is 0 Å². The normalized spacial score (nSPS) is 10.8. The molecule has 4 heteroatoms. The average Bonchev–Trinajstić information content (AvgIpc) is 2.74. The van der Waals surface area contributed by atoms with Crippen molar-refractivity contribution in [3.63, 3.8) is 0 Å². The zero-order valence-corrected chi connectivity index (χ0v) is 11.1. The number of rotatable bonds is 2. The number of benzene rings is 1. The highest BCUT2D eigenvalue weighted by atomic mass is 35.5. The number of nitrogens with zero attached hydrogens (tertiary/aromatic N) is 2. The average molecular weight is 271 g/mol. The van der Waals surface area contributed by atoms with Crippen LogP contribution in [0, 0.1) is 6.92 Å². The Hall–Kier alpha value is -2.13. The van der Waals surface area contributed by atoms with Gasteiger partial charge in [0, 0.05) is 16.8 Å². The SMILES string of the molecule is Cc1nc2ccccn2c1C(=O)c1ccc(Cl)cc1. The van der Waals surface area contributed by atoms with Crippen molar-refractivity contribution >= 4 is 23.0 Å². The van der Waals surface area contributed by atoms with Gasteiger partial charge in [-0.25, -0.2) is 4.98 Å². The van der Waals surface area contributed by atoms with Crippen LogP contribution in [0.15, 0.2) is 48.7 Å². The first-order valence-electron chi connectivity index (χ1n) is 5.91. The van der Waals surface area contributed by atoms with Gasteiger partial charge in [-0.05, 0) is 43.3 Å². The molecule has 0 spiro atoms. The summed E-state index contributed by atoms with van der Waals surface area (Å²) in [5, 5.41) is 0.617. The fourth-order valence-electron chi connectivity index (χ4n) is 2.13. The molecule has 3 rings (SSSR count). The number of imidazole rings is 1. The van der Waals surface area contributed by atoms with Crippen molar-refractivity contribution in [2.45, 2.75) is 6.92 Å². The van der Waals surface area contributed by atoms with Crippen LogP contribution in [0.3, 0.4) is 0 Å². The van der Waals surface area contributed by atoms with E-state index in [1.807, 2.05) is 35.7 Å². The third-order valence-electron chi connectivity index (χ3n) is 3.03. The number of carbonyl (C=O) groups is 1. The largest absolute Gasteiger partial charge is 0.297 e. The Bertz CT molecular complexity index is 759. The van der Waals surface area contributed by atoms with Crippen LogP contribution in [0.1, 0.15) is 21.7 Å². The summed E-state index contributed by atoms with van der Waals surface area (Å²) in [5.74, 6) is -0.0483. The molecule has 0 saturated carbocycles. The molecule has 0 aliphatic carbocycles. The van der Waals surface area contributed by atoms with Gasteiger partial charge in [-0.2, -0.15) is 0 Å². The predicted octanol–water partition coefficient (Wildman–Crippen LogP) is 3.53. The highest BCUT2D eigenvalue weighted by molar-refractivity contribution is 6.30. The summed E-state index contributed by atoms with van der Waals surface area (Å²) in [5.41, 5.74) is 2.71. The fourth-order valence-corrected chi connectivity index (χ4v) is 2.25. The first-order valence-corrected chi connectivity index (χ1v) is 6.28. The number of aromatic nitrogens is 2. The molecule has 0 aliphatic heterocycles. The van der Waals surface area contributed by atoms with E-state index in [4.69, 9.17) is 11.6 Å². The van der Waals surface area contributed by atoms with Gasteiger partial charge in [0.15, 0.2) is 0 Å². The van der Waals surface area contributed by atoms with E-state index in [0.29, 0.717) is 16.3 Å². The van der Waals surface area contributed by atoms with Gasteiger partial charge in [-0.1, -0.05) is 17.7 Å². The first kappa shape index (κ1) is 11.9. The van der Waals surface area contributed by atoms with Crippen LogP contribution in [0.25, 0.3) is 5.65 Å². The maximum atomic E-state index is 12.5. The number of hydrogen-bond acceptors (Lipinski definition) is 2. The number of aryl methyl sites for hydroxylation is 1. The lowest BCUT2D eigenvalue weighted by Crippen LogP contribution is -2.06. The quantitative estimate of drug-likeness (QED) is 0.668. The molecule has 1 aromatic carbocycles. The fraction of sp³-hybridized carbons (Fsp3) is 0.0667. The van der Waals surface area contributed by atoms with E-state index in [9.17, 15) is 4.79 Å². The summed E-state index contributed by atoms with van der Waals surface area (Å²) in [7, 11) is 0. The Morgan fingerprint density at radius 3 is 2.63 bits per heavy atom. The molecule has 2 heterocycles. The van der Waals surface area contributed by atoms with Crippen molar-refractivity contribution in [1.29, 1.82) is 0 Å². The van der Waals surface area contributed by atoms with Crippen LogP contribution in [0.5, 0.6) is 0 Å². The molecule has 0 fully saturated rings. The summed E-state index contributed by atoms with van der Waals surface area (Å²) < 4.78 is 1.81. The summed E-state index contributed by atoms with van der Waals surface area (Å²) in [6.07, 6.45) is 1.85. The summed E-state index contributed by atoms with van der Waals surface area (Å²) >= 11 is 5.84. The number of fused-ring (bicyclic) bond motifs is 1. The molecule has 3 aromatic rings. The van der Waals surface area contributed by atoms with Gasteiger partial charge >= 0.3 is 0 Å². The Balaban J connectivity index is 2.16. The molecule has 0 aliphatic rings. The Morgan fingerprint density at radius 1 is 1.16 bits per heavy atom. The summed E-state index contributed by atoms with van der Waals surface area (Å²) in [6.45, 7) is 1.84. The van der Waals surface area contributed by atoms with E-state index in [2.05, 4.69) is 4.98 Å². The minimum atomic E-state index is -0.0483. The zero-order valence-electron chi connectivity index (χ0n) is 10.3. The Morgan fingerprint density at radius 2 is 1.89 bits per heavy atom. The molecule has 0 N–H and O–H groups in total. The second-order valence-corrected chi connectivity index (χ2v) is 4.75. The molecule has 0 unspecified atom stereocenters. The molecular formula is C15H11ClN2O. The maximum absolute atomic E-state index is 12.5. The highest BCUT2D eigenvalue weighted by Crippen LogP contribution is 2.18. The van der Waals surface area contributed by atoms with Crippen LogP contribution in [-0.2, 0) is 0 Å². The van der Waals surface area contributed by atoms with Gasteiger partial charge in [-0.15, -0.1) is 0 Å². The summed E-state index contributed by atoms with van der Waals surface area (Å²) in [6, 6.07) is 12.6. The monoisotopic (exact) mass is 270 g/mol. The van der Waals surface area contributed by atoms with Crippen LogP contribution < -0.4 is 0 Å². The molecular weight excluding hydrogens is 260 g/mol. The van der Waals surface area contributed by atoms with Gasteiger partial charge < -0.3 is 0 Å². The molecule has 3 nitrogen and oxygen atoms in total. The van der Waals surface area contributed by atoms with Crippen molar-refractivity contribution in [1.82, 2.24) is 9.38 Å². The van der Waals surface area contributed by atoms with E-state index in [-0.39, 0.29) is 5.78 Å². The number of pyridine rings is 1. The molecule has 0 amide bonds. The van der Waals surface area contributed by atoms with Gasteiger partial charge in [-0.3, -0.25) is 9.20 Å². The van der Waals surface area contributed by atoms with Crippen LogP contribution in [-0.4, -0.2) is 15.2 Å². The van der Waals surface area contributed by atoms with Gasteiger partial charge in [0.05, 0.1) is 5.69 Å². The van der Waals surface area contributed by atoms with Crippen molar-refractivity contribution in [2.24, 2.45) is 0 Å². The molecule has 0 radical (unpaired) electrons. The molecule has 0 saturated heterocycles. The van der Waals surface area contributed by atoms with Crippen LogP contribution in [0.2, 0.25) is 5.02 Å². The Labute approximate surface area is 115 Å². The van der Waals surface area contributed by atoms with E-state index >= 15 is 0 Å². The standard InChI is InChI=1S/C15H11ClN2O/c1-10-14(18-9-3-2-4-13(18)17-10)15(19)11-5-7-12(16)8-6-11/h2-9H,1H3. The third-order valence-corrected chi connectivity index (χ3v) is 3.28. The zero-order chi connectivity index (χ0) is 13.4. The number of hydrogen-bond donors (Lipinski definition) is 0. The number of ketones is 1. The minimum absolute atomic E-state index is 0.0483. The van der Waals surface area contributed by atoms with E-state index in [1.165, 1.54) is 0 Å². The lowest BCUT2D eigenvalue weighted by Gasteiger charge is -2.02. The molecule has 19 heavy (non-hydrogen) atoms. The minimum Gasteiger partial charge on any atom is -0.297 e. The lowest BCUT2D eigenvalue weighted by atomic mass is 10.1. The maximum Gasteiger partial charge on any atom is 0.211 e. The highest BCUT2D eigenvalue weighted by Gasteiger charge is 2.17. The number of carbonyl (C=O) groups excluding carboxylic acids is 1. The first-order chi connectivity index (χ1) is 9.16. The van der Waals surface area contributed by atoms with Crippen molar-refractivity contribution < 1.29 is 4.79 Å². The van der Waals surface area contributed by atoms with Crippen LogP contribution >= 0.6 is 11.6 Å². The van der Waals surface area contributed by atoms with Gasteiger partial charge in [0.2, 0.25) is 5.78 Å². The van der Waals surface area contributed by atoms with Crippen molar-refractivity contribution in [3.8, 4) is 0 Å². The second kappa shape index (κ2) is 4.52. The number of halogens is 1. The summed E-state index contributed by atoms with van der Waals surface area (Å²) in [4.78, 5) is 16.9. The topological polar surface area (TPSA) is 34.4 Å². The molecule has 2 aromatic heterocycles. The predicted molar refractivity (Wildman–Crippen MR) is 74.8 cm³/mol. The lowest BCUT2D eigenvalue weighted by molar-refractivity contribution is 0.103. The van der Waals surface area contributed by atoms with Gasteiger partial charge in [0.25, 0.3) is 0 Å². The van der Waals surface area contributed by atoms with Gasteiger partial charge in [0.1, 0.15) is 11.3 Å². The second-order valence-electron chi connectivity index (χ2n) is 4.31. The molecule has 0 bridgehead atoms. The smallest absolute Gasteiger partial charge is 0.211 e.